The molecule has 0 N–H and O–H groups in total. The van der Waals surface area contributed by atoms with Crippen LogP contribution in [-0.4, -0.2) is 123 Å². The first-order chi connectivity index (χ1) is 13.0. The highest BCUT2D eigenvalue weighted by Gasteiger charge is 2.10. The lowest BCUT2D eigenvalue weighted by molar-refractivity contribution is -0.888. The first-order valence-electron chi connectivity index (χ1n) is 9.63. The van der Waals surface area contributed by atoms with E-state index in [0.29, 0.717) is 26.4 Å². The summed E-state index contributed by atoms with van der Waals surface area (Å²) in [7, 11) is 12.2. The second-order valence-corrected chi connectivity index (χ2v) is 7.41. The molecule has 172 valence electrons. The Balaban J connectivity index is -0.000000375. The molecule has 0 aliphatic carbocycles. The van der Waals surface area contributed by atoms with Gasteiger partial charge in [0.25, 0.3) is 0 Å². The van der Waals surface area contributed by atoms with Gasteiger partial charge >= 0.3 is 0 Å². The van der Waals surface area contributed by atoms with Gasteiger partial charge in [0.15, 0.2) is 0 Å². The quantitative estimate of drug-likeness (QED) is 0.268. The molecule has 0 atom stereocenters. The number of carbonyl (C=O) groups excluding carboxylic acids is 1. The Kier molecular flexibility index (Phi) is 23.5. The van der Waals surface area contributed by atoms with Crippen LogP contribution in [0.2, 0.25) is 0 Å². The van der Waals surface area contributed by atoms with Crippen molar-refractivity contribution in [2.45, 2.75) is 13.8 Å². The molecule has 0 aliphatic heterocycles. The number of hydrogen-bond donors (Lipinski definition) is 0. The first-order valence-corrected chi connectivity index (χ1v) is 9.63. The molecule has 0 saturated heterocycles. The lowest BCUT2D eigenvalue weighted by Gasteiger charge is -2.27. The molecule has 0 unspecified atom stereocenters. The van der Waals surface area contributed by atoms with Crippen molar-refractivity contribution in [2.75, 3.05) is 108 Å². The third-order valence-electron chi connectivity index (χ3n) is 4.26. The van der Waals surface area contributed by atoms with E-state index < -0.39 is 6.16 Å². The van der Waals surface area contributed by atoms with E-state index in [-0.39, 0.29) is 0 Å². The van der Waals surface area contributed by atoms with Gasteiger partial charge in [-0.3, -0.25) is 0 Å². The predicted molar refractivity (Wildman–Crippen MR) is 106 cm³/mol. The van der Waals surface area contributed by atoms with Crippen molar-refractivity contribution in [3.05, 3.63) is 0 Å². The van der Waals surface area contributed by atoms with Crippen LogP contribution in [-0.2, 0) is 18.9 Å². The van der Waals surface area contributed by atoms with Gasteiger partial charge in [0.1, 0.15) is 13.1 Å². The van der Waals surface area contributed by atoms with Gasteiger partial charge < -0.3 is 42.9 Å². The molecule has 28 heavy (non-hydrogen) atoms. The lowest BCUT2D eigenvalue weighted by Crippen LogP contribution is -2.42. The Bertz CT molecular complexity index is 310. The second-order valence-electron chi connectivity index (χ2n) is 7.41. The summed E-state index contributed by atoms with van der Waals surface area (Å²) in [4.78, 5) is 8.33. The molecule has 0 spiro atoms. The van der Waals surface area contributed by atoms with Crippen molar-refractivity contribution in [3.8, 4) is 0 Å². The number of rotatable bonds is 14. The second kappa shape index (κ2) is 20.8. The molecule has 0 radical (unpaired) electrons. The highest BCUT2D eigenvalue weighted by Crippen LogP contribution is 1.95. The van der Waals surface area contributed by atoms with Gasteiger partial charge in [-0.2, -0.15) is 0 Å². The number of methoxy groups -OCH3 is 2. The third kappa shape index (κ3) is 32.7. The summed E-state index contributed by atoms with van der Waals surface area (Å²) >= 11 is 0. The van der Waals surface area contributed by atoms with Crippen LogP contribution in [0.4, 0.5) is 4.79 Å². The molecule has 9 heteroatoms. The molecular formula is C19H44N2O7. The SMILES string of the molecule is CC[N+](C)(C)CCOCCOC.CC[N+](C)(C)CCOCCOC.O=C([O-])[O-]. The number of nitrogens with zero attached hydrogens (tertiary/aromatic N) is 2. The molecule has 0 heterocycles. The molecule has 0 aromatic carbocycles. The van der Waals surface area contributed by atoms with E-state index in [1.807, 2.05) is 0 Å². The monoisotopic (exact) mass is 412 g/mol. The Hall–Kier alpha value is -0.970. The number of likely N-dealkylation sites (N-methyl/N-ethyl adjacent to an activating group) is 2. The molecule has 9 nitrogen and oxygen atoms in total. The Morgan fingerprint density at radius 1 is 0.679 bits per heavy atom. The van der Waals surface area contributed by atoms with E-state index in [1.165, 1.54) is 0 Å². The maximum atomic E-state index is 8.33. The number of carbonyl (C=O) groups is 1. The summed E-state index contributed by atoms with van der Waals surface area (Å²) in [5, 5.41) is 16.7. The summed E-state index contributed by atoms with van der Waals surface area (Å²) in [6, 6.07) is 0. The highest BCUT2D eigenvalue weighted by molar-refractivity contribution is 5.47. The van der Waals surface area contributed by atoms with Crippen molar-refractivity contribution < 1.29 is 42.9 Å². The van der Waals surface area contributed by atoms with Crippen LogP contribution in [0, 0.1) is 0 Å². The fourth-order valence-corrected chi connectivity index (χ4v) is 1.43. The molecule has 0 rings (SSSR count). The van der Waals surface area contributed by atoms with Crippen molar-refractivity contribution in [2.24, 2.45) is 0 Å². The number of ether oxygens (including phenoxy) is 4. The number of hydrogen-bond acceptors (Lipinski definition) is 7. The van der Waals surface area contributed by atoms with Crippen LogP contribution >= 0.6 is 0 Å². The van der Waals surface area contributed by atoms with Gasteiger partial charge in [0, 0.05) is 14.2 Å². The molecular weight excluding hydrogens is 368 g/mol. The third-order valence-corrected chi connectivity index (χ3v) is 4.26. The minimum atomic E-state index is -2.33. The molecule has 0 bridgehead atoms. The molecule has 0 amide bonds. The Morgan fingerprint density at radius 3 is 1.18 bits per heavy atom. The van der Waals surface area contributed by atoms with Gasteiger partial charge in [0.2, 0.25) is 0 Å². The summed E-state index contributed by atoms with van der Waals surface area (Å²) in [5.74, 6) is 0. The van der Waals surface area contributed by atoms with Crippen molar-refractivity contribution in [1.29, 1.82) is 0 Å². The maximum Gasteiger partial charge on any atom is 0.102 e. The smallest absolute Gasteiger partial charge is 0.102 e. The zero-order valence-electron chi connectivity index (χ0n) is 19.3. The van der Waals surface area contributed by atoms with Crippen LogP contribution < -0.4 is 10.2 Å². The van der Waals surface area contributed by atoms with E-state index in [1.54, 1.807) is 14.2 Å². The summed E-state index contributed by atoms with van der Waals surface area (Å²) < 4.78 is 22.5. The molecule has 0 saturated carbocycles. The molecule has 0 aromatic rings. The van der Waals surface area contributed by atoms with E-state index >= 15 is 0 Å². The summed E-state index contributed by atoms with van der Waals surface area (Å²) in [6.07, 6.45) is -2.33. The fourth-order valence-electron chi connectivity index (χ4n) is 1.43. The topological polar surface area (TPSA) is 100 Å². The summed E-state index contributed by atoms with van der Waals surface area (Å²) in [5.41, 5.74) is 0. The van der Waals surface area contributed by atoms with Crippen LogP contribution in [0.25, 0.3) is 0 Å². The van der Waals surface area contributed by atoms with E-state index in [9.17, 15) is 0 Å². The van der Waals surface area contributed by atoms with E-state index in [0.717, 1.165) is 48.4 Å². The molecule has 0 aliphatic rings. The largest absolute Gasteiger partial charge is 0.652 e. The Labute approximate surface area is 171 Å². The molecule has 0 fully saturated rings. The van der Waals surface area contributed by atoms with Crippen molar-refractivity contribution >= 4 is 6.16 Å². The standard InChI is InChI=1S/2C9H22NO2.CH2O3/c2*1-5-10(2,3)6-7-12-9-8-11-4;2-1(3)4/h2*5-9H2,1-4H3;(H2,2,3,4)/q2*+1;/p-2. The van der Waals surface area contributed by atoms with Crippen LogP contribution in [0.5, 0.6) is 0 Å². The van der Waals surface area contributed by atoms with Crippen molar-refractivity contribution in [1.82, 2.24) is 0 Å². The summed E-state index contributed by atoms with van der Waals surface area (Å²) in [6.45, 7) is 13.3. The highest BCUT2D eigenvalue weighted by atomic mass is 16.6. The minimum Gasteiger partial charge on any atom is -0.652 e. The van der Waals surface area contributed by atoms with E-state index in [2.05, 4.69) is 42.0 Å². The zero-order valence-corrected chi connectivity index (χ0v) is 19.3. The minimum absolute atomic E-state index is 0.694. The van der Waals surface area contributed by atoms with E-state index in [4.69, 9.17) is 34.0 Å². The number of carboxylic acid groups (broad SMARTS) is 2. The fraction of sp³-hybridized carbons (Fsp3) is 0.947. The van der Waals surface area contributed by atoms with Gasteiger partial charge in [-0.05, 0) is 20.0 Å². The number of quaternary nitrogens is 2. The van der Waals surface area contributed by atoms with Crippen LogP contribution in [0.15, 0.2) is 0 Å². The van der Waals surface area contributed by atoms with Gasteiger partial charge in [0.05, 0.1) is 80.9 Å². The van der Waals surface area contributed by atoms with Crippen molar-refractivity contribution in [3.63, 3.8) is 0 Å². The normalized spacial score (nSPS) is 11.1. The van der Waals surface area contributed by atoms with Crippen LogP contribution in [0.3, 0.4) is 0 Å². The van der Waals surface area contributed by atoms with Crippen LogP contribution in [0.1, 0.15) is 13.8 Å². The zero-order chi connectivity index (χ0) is 22.5. The molecule has 0 aromatic heterocycles. The average molecular weight is 413 g/mol. The van der Waals surface area contributed by atoms with Gasteiger partial charge in [-0.25, -0.2) is 0 Å². The predicted octanol–water partition coefficient (Wildman–Crippen LogP) is -0.956. The Morgan fingerprint density at radius 2 is 0.964 bits per heavy atom. The average Bonchev–Trinajstić information content (AvgIpc) is 2.61. The first kappa shape index (κ1) is 31.7. The lowest BCUT2D eigenvalue weighted by atomic mass is 10.4. The van der Waals surface area contributed by atoms with Gasteiger partial charge in [-0.1, -0.05) is 0 Å². The van der Waals surface area contributed by atoms with Gasteiger partial charge in [-0.15, -0.1) is 0 Å². The maximum absolute atomic E-state index is 8.33.